The zero-order valence-corrected chi connectivity index (χ0v) is 8.12. The number of allylic oxidation sites excluding steroid dienone is 3. The van der Waals surface area contributed by atoms with Gasteiger partial charge >= 0.3 is 0 Å². The molecule has 1 heterocycles. The minimum atomic E-state index is 0.573. The van der Waals surface area contributed by atoms with Crippen LogP contribution in [0.15, 0.2) is 28.9 Å². The fraction of sp³-hybridized carbons (Fsp3) is 0.545. The second kappa shape index (κ2) is 4.24. The van der Waals surface area contributed by atoms with Crippen molar-refractivity contribution in [3.05, 3.63) is 23.9 Å². The largest absolute Gasteiger partial charge is 0.269 e. The summed E-state index contributed by atoms with van der Waals surface area (Å²) in [6.07, 6.45) is 9.48. The molecular weight excluding hydrogens is 146 g/mol. The van der Waals surface area contributed by atoms with Crippen molar-refractivity contribution in [2.24, 2.45) is 16.8 Å². The van der Waals surface area contributed by atoms with Crippen molar-refractivity contribution in [2.45, 2.75) is 27.2 Å². The SMILES string of the molecule is CC1/C=C\C(C(C)C)=C/N=CC1. The van der Waals surface area contributed by atoms with Crippen LogP contribution in [0.2, 0.25) is 0 Å². The maximum atomic E-state index is 4.25. The Balaban J connectivity index is 2.78. The minimum Gasteiger partial charge on any atom is -0.269 e. The third-order valence-electron chi connectivity index (χ3n) is 2.09. The van der Waals surface area contributed by atoms with E-state index in [1.54, 1.807) is 0 Å². The molecule has 0 saturated carbocycles. The lowest BCUT2D eigenvalue weighted by Gasteiger charge is -2.08. The molecule has 66 valence electrons. The van der Waals surface area contributed by atoms with Crippen molar-refractivity contribution in [1.82, 2.24) is 0 Å². The first-order chi connectivity index (χ1) is 5.70. The van der Waals surface area contributed by atoms with Gasteiger partial charge in [0.1, 0.15) is 0 Å². The van der Waals surface area contributed by atoms with E-state index in [-0.39, 0.29) is 0 Å². The predicted molar refractivity (Wildman–Crippen MR) is 54.3 cm³/mol. The van der Waals surface area contributed by atoms with E-state index >= 15 is 0 Å². The van der Waals surface area contributed by atoms with E-state index in [1.165, 1.54) is 5.57 Å². The zero-order chi connectivity index (χ0) is 8.97. The van der Waals surface area contributed by atoms with Gasteiger partial charge < -0.3 is 0 Å². The van der Waals surface area contributed by atoms with Gasteiger partial charge in [-0.1, -0.05) is 32.9 Å². The van der Waals surface area contributed by atoms with Crippen LogP contribution in [0.1, 0.15) is 27.2 Å². The Morgan fingerprint density at radius 2 is 2.25 bits per heavy atom. The lowest BCUT2D eigenvalue weighted by molar-refractivity contribution is 0.753. The number of nitrogens with zero attached hydrogens (tertiary/aromatic N) is 1. The molecule has 1 heteroatoms. The molecule has 1 rings (SSSR count). The van der Waals surface area contributed by atoms with Crippen LogP contribution in [-0.4, -0.2) is 6.21 Å². The van der Waals surface area contributed by atoms with E-state index in [4.69, 9.17) is 0 Å². The highest BCUT2D eigenvalue weighted by molar-refractivity contribution is 5.59. The normalized spacial score (nSPS) is 30.7. The van der Waals surface area contributed by atoms with Crippen molar-refractivity contribution in [2.75, 3.05) is 0 Å². The summed E-state index contributed by atoms with van der Waals surface area (Å²) in [6.45, 7) is 6.60. The topological polar surface area (TPSA) is 12.4 Å². The first-order valence-electron chi connectivity index (χ1n) is 4.60. The van der Waals surface area contributed by atoms with Crippen LogP contribution in [0.5, 0.6) is 0 Å². The molecule has 0 radical (unpaired) electrons. The van der Waals surface area contributed by atoms with E-state index in [2.05, 4.69) is 37.9 Å². The molecule has 0 bridgehead atoms. The fourth-order valence-corrected chi connectivity index (χ4v) is 1.10. The maximum Gasteiger partial charge on any atom is 0.0298 e. The molecule has 1 aliphatic rings. The van der Waals surface area contributed by atoms with Crippen LogP contribution in [0.25, 0.3) is 0 Å². The number of aliphatic imine (C=N–C) groups is 1. The van der Waals surface area contributed by atoms with E-state index in [1.807, 2.05) is 12.4 Å². The van der Waals surface area contributed by atoms with Gasteiger partial charge in [0.15, 0.2) is 0 Å². The molecule has 1 unspecified atom stereocenters. The van der Waals surface area contributed by atoms with Gasteiger partial charge in [-0.3, -0.25) is 4.99 Å². The fourth-order valence-electron chi connectivity index (χ4n) is 1.10. The van der Waals surface area contributed by atoms with Crippen molar-refractivity contribution in [3.8, 4) is 0 Å². The lowest BCUT2D eigenvalue weighted by atomic mass is 10.00. The quantitative estimate of drug-likeness (QED) is 0.563. The van der Waals surface area contributed by atoms with E-state index in [9.17, 15) is 0 Å². The van der Waals surface area contributed by atoms with Crippen LogP contribution >= 0.6 is 0 Å². The lowest BCUT2D eigenvalue weighted by Crippen LogP contribution is -1.96. The van der Waals surface area contributed by atoms with Gasteiger partial charge in [-0.25, -0.2) is 0 Å². The molecule has 1 nitrogen and oxygen atoms in total. The molecule has 0 aromatic heterocycles. The van der Waals surface area contributed by atoms with Crippen molar-refractivity contribution in [3.63, 3.8) is 0 Å². The van der Waals surface area contributed by atoms with E-state index in [0.717, 1.165) is 6.42 Å². The standard InChI is InChI=1S/C11H17N/c1-9(2)11-5-4-10(3)6-7-12-8-11/h4-5,7-10H,6H2,1-3H3/b5-4-,11-8+,12-7?. The highest BCUT2D eigenvalue weighted by Crippen LogP contribution is 2.15. The van der Waals surface area contributed by atoms with Crippen molar-refractivity contribution < 1.29 is 0 Å². The molecule has 0 saturated heterocycles. The third-order valence-corrected chi connectivity index (χ3v) is 2.09. The second-order valence-electron chi connectivity index (χ2n) is 3.69. The van der Waals surface area contributed by atoms with Crippen molar-refractivity contribution >= 4 is 6.21 Å². The zero-order valence-electron chi connectivity index (χ0n) is 8.12. The Labute approximate surface area is 74.9 Å². The molecule has 0 fully saturated rings. The Hall–Kier alpha value is -0.850. The smallest absolute Gasteiger partial charge is 0.0298 e. The molecule has 0 aromatic carbocycles. The van der Waals surface area contributed by atoms with Gasteiger partial charge in [0.2, 0.25) is 0 Å². The predicted octanol–water partition coefficient (Wildman–Crippen LogP) is 3.19. The Kier molecular flexibility index (Phi) is 3.27. The monoisotopic (exact) mass is 163 g/mol. The Morgan fingerprint density at radius 3 is 2.92 bits per heavy atom. The summed E-state index contributed by atoms with van der Waals surface area (Å²) in [7, 11) is 0. The van der Waals surface area contributed by atoms with Crippen LogP contribution in [0.4, 0.5) is 0 Å². The highest BCUT2D eigenvalue weighted by Gasteiger charge is 2.01. The van der Waals surface area contributed by atoms with Crippen molar-refractivity contribution in [1.29, 1.82) is 0 Å². The third kappa shape index (κ3) is 2.65. The summed E-state index contributed by atoms with van der Waals surface area (Å²) in [5.74, 6) is 1.19. The second-order valence-corrected chi connectivity index (χ2v) is 3.69. The first kappa shape index (κ1) is 9.24. The molecule has 0 spiro atoms. The summed E-state index contributed by atoms with van der Waals surface area (Å²) in [5.41, 5.74) is 1.32. The van der Waals surface area contributed by atoms with Crippen LogP contribution in [-0.2, 0) is 0 Å². The highest BCUT2D eigenvalue weighted by atomic mass is 14.7. The van der Waals surface area contributed by atoms with Gasteiger partial charge in [0.25, 0.3) is 0 Å². The van der Waals surface area contributed by atoms with Gasteiger partial charge in [0.05, 0.1) is 0 Å². The molecular formula is C11H17N. The van der Waals surface area contributed by atoms with Gasteiger partial charge in [-0.15, -0.1) is 0 Å². The molecule has 1 atom stereocenters. The average molecular weight is 163 g/mol. The molecule has 0 amide bonds. The van der Waals surface area contributed by atoms with E-state index < -0.39 is 0 Å². The van der Waals surface area contributed by atoms with Gasteiger partial charge in [-0.2, -0.15) is 0 Å². The Bertz CT molecular complexity index is 221. The maximum absolute atomic E-state index is 4.25. The minimum absolute atomic E-state index is 0.573. The number of hydrogen-bond acceptors (Lipinski definition) is 1. The van der Waals surface area contributed by atoms with E-state index in [0.29, 0.717) is 11.8 Å². The Morgan fingerprint density at radius 1 is 1.50 bits per heavy atom. The van der Waals surface area contributed by atoms with Crippen LogP contribution in [0, 0.1) is 11.8 Å². The van der Waals surface area contributed by atoms with Gasteiger partial charge in [0, 0.05) is 12.4 Å². The molecule has 0 aliphatic carbocycles. The summed E-state index contributed by atoms with van der Waals surface area (Å²) in [4.78, 5) is 4.25. The summed E-state index contributed by atoms with van der Waals surface area (Å²) in [5, 5.41) is 0. The molecule has 0 aromatic rings. The molecule has 0 N–H and O–H groups in total. The molecule has 1 aliphatic heterocycles. The summed E-state index contributed by atoms with van der Waals surface area (Å²) in [6, 6.07) is 0. The van der Waals surface area contributed by atoms with Crippen LogP contribution < -0.4 is 0 Å². The summed E-state index contributed by atoms with van der Waals surface area (Å²) < 4.78 is 0. The summed E-state index contributed by atoms with van der Waals surface area (Å²) >= 11 is 0. The van der Waals surface area contributed by atoms with Gasteiger partial charge in [-0.05, 0) is 23.8 Å². The number of hydrogen-bond donors (Lipinski definition) is 0. The first-order valence-corrected chi connectivity index (χ1v) is 4.60. The van der Waals surface area contributed by atoms with Crippen LogP contribution in [0.3, 0.4) is 0 Å². The average Bonchev–Trinajstić information content (AvgIpc) is 1.97. The number of rotatable bonds is 1. The molecule has 12 heavy (non-hydrogen) atoms.